The highest BCUT2D eigenvalue weighted by atomic mass is 32.1. The van der Waals surface area contributed by atoms with Gasteiger partial charge in [-0.3, -0.25) is 4.79 Å². The summed E-state index contributed by atoms with van der Waals surface area (Å²) in [4.78, 5) is 11.8. The second kappa shape index (κ2) is 6.97. The van der Waals surface area contributed by atoms with Crippen molar-refractivity contribution in [1.82, 2.24) is 5.32 Å². The zero-order chi connectivity index (χ0) is 12.7. The van der Waals surface area contributed by atoms with Crippen LogP contribution in [0.2, 0.25) is 0 Å². The Morgan fingerprint density at radius 2 is 2.24 bits per heavy atom. The molecule has 1 aromatic carbocycles. The molecule has 0 aliphatic heterocycles. The zero-order valence-corrected chi connectivity index (χ0v) is 10.3. The van der Waals surface area contributed by atoms with Crippen LogP contribution in [0.4, 0.5) is 4.39 Å². The second-order valence-corrected chi connectivity index (χ2v) is 4.07. The first-order chi connectivity index (χ1) is 8.15. The fraction of sp³-hybridized carbons (Fsp3) is 0.308. The normalized spacial score (nSPS) is 9.71. The Kier molecular flexibility index (Phi) is 5.58. The minimum absolute atomic E-state index is 0.171. The monoisotopic (exact) mass is 251 g/mol. The van der Waals surface area contributed by atoms with E-state index in [1.54, 1.807) is 0 Å². The van der Waals surface area contributed by atoms with Gasteiger partial charge >= 0.3 is 0 Å². The van der Waals surface area contributed by atoms with Crippen molar-refractivity contribution in [3.8, 4) is 12.3 Å². The molecule has 1 amide bonds. The van der Waals surface area contributed by atoms with Gasteiger partial charge in [0, 0.05) is 23.4 Å². The van der Waals surface area contributed by atoms with E-state index in [4.69, 9.17) is 6.42 Å². The van der Waals surface area contributed by atoms with E-state index >= 15 is 0 Å². The van der Waals surface area contributed by atoms with Gasteiger partial charge in [0.2, 0.25) is 0 Å². The van der Waals surface area contributed by atoms with Crippen LogP contribution in [0.5, 0.6) is 0 Å². The Labute approximate surface area is 106 Å². The van der Waals surface area contributed by atoms with E-state index in [9.17, 15) is 9.18 Å². The average Bonchev–Trinajstić information content (AvgIpc) is 2.32. The van der Waals surface area contributed by atoms with Gasteiger partial charge in [-0.15, -0.1) is 25.0 Å². The molecule has 0 fully saturated rings. The van der Waals surface area contributed by atoms with Crippen molar-refractivity contribution in [3.05, 3.63) is 29.6 Å². The summed E-state index contributed by atoms with van der Waals surface area (Å²) < 4.78 is 12.9. The predicted molar refractivity (Wildman–Crippen MR) is 68.7 cm³/mol. The molecule has 0 saturated carbocycles. The quantitative estimate of drug-likeness (QED) is 0.470. The summed E-state index contributed by atoms with van der Waals surface area (Å²) in [6.07, 6.45) is 7.55. The number of carbonyl (C=O) groups excluding carboxylic acids is 1. The molecule has 4 heteroatoms. The summed E-state index contributed by atoms with van der Waals surface area (Å²) >= 11 is 3.92. The Bertz CT molecular complexity index is 440. The number of carbonyl (C=O) groups is 1. The lowest BCUT2D eigenvalue weighted by atomic mass is 10.2. The van der Waals surface area contributed by atoms with Crippen molar-refractivity contribution in [1.29, 1.82) is 0 Å². The van der Waals surface area contributed by atoms with Crippen LogP contribution in [0.15, 0.2) is 23.1 Å². The van der Waals surface area contributed by atoms with Crippen LogP contribution in [0, 0.1) is 18.2 Å². The number of nitrogens with one attached hydrogen (secondary N) is 1. The summed E-state index contributed by atoms with van der Waals surface area (Å²) in [7, 11) is 0. The number of unbranched alkanes of at least 4 members (excludes halogenated alkanes) is 2. The third kappa shape index (κ3) is 4.49. The van der Waals surface area contributed by atoms with Crippen molar-refractivity contribution in [3.63, 3.8) is 0 Å². The maximum Gasteiger partial charge on any atom is 0.251 e. The molecule has 0 saturated heterocycles. The van der Waals surface area contributed by atoms with Gasteiger partial charge in [-0.05, 0) is 31.0 Å². The predicted octanol–water partition coefficient (Wildman–Crippen LogP) is 2.65. The molecule has 0 radical (unpaired) electrons. The van der Waals surface area contributed by atoms with Crippen molar-refractivity contribution in [2.75, 3.05) is 6.54 Å². The van der Waals surface area contributed by atoms with E-state index in [2.05, 4.69) is 23.9 Å². The first-order valence-electron chi connectivity index (χ1n) is 5.35. The van der Waals surface area contributed by atoms with Crippen LogP contribution < -0.4 is 5.32 Å². The van der Waals surface area contributed by atoms with E-state index in [1.807, 2.05) is 0 Å². The molecule has 0 aliphatic rings. The van der Waals surface area contributed by atoms with Crippen LogP contribution in [0.25, 0.3) is 0 Å². The van der Waals surface area contributed by atoms with E-state index in [-0.39, 0.29) is 10.8 Å². The summed E-state index contributed by atoms with van der Waals surface area (Å²) in [5.41, 5.74) is 0.411. The van der Waals surface area contributed by atoms with E-state index < -0.39 is 5.82 Å². The summed E-state index contributed by atoms with van der Waals surface area (Å²) in [6.45, 7) is 0.569. The van der Waals surface area contributed by atoms with Crippen LogP contribution in [0.1, 0.15) is 29.6 Å². The van der Waals surface area contributed by atoms with Gasteiger partial charge in [0.25, 0.3) is 5.91 Å². The molecule has 0 spiro atoms. The highest BCUT2D eigenvalue weighted by Crippen LogP contribution is 2.14. The Balaban J connectivity index is 2.42. The van der Waals surface area contributed by atoms with E-state index in [0.29, 0.717) is 18.5 Å². The molecule has 0 aliphatic carbocycles. The lowest BCUT2D eigenvalue weighted by molar-refractivity contribution is 0.0953. The fourth-order valence-electron chi connectivity index (χ4n) is 1.31. The van der Waals surface area contributed by atoms with Gasteiger partial charge < -0.3 is 5.32 Å². The maximum atomic E-state index is 12.9. The minimum atomic E-state index is -0.432. The van der Waals surface area contributed by atoms with Gasteiger partial charge in [0.15, 0.2) is 0 Å². The first kappa shape index (κ1) is 13.6. The highest BCUT2D eigenvalue weighted by Gasteiger charge is 2.07. The number of hydrogen-bond acceptors (Lipinski definition) is 2. The number of benzene rings is 1. The standard InChI is InChI=1S/C13H14FNOS/c1-2-3-4-5-8-15-13(16)10-6-7-11(14)12(17)9-10/h1,6-7,9,17H,3-5,8H2,(H,15,16). The third-order valence-corrected chi connectivity index (χ3v) is 2.58. The molecule has 0 bridgehead atoms. The molecule has 2 nitrogen and oxygen atoms in total. The van der Waals surface area contributed by atoms with Crippen LogP contribution in [-0.2, 0) is 0 Å². The summed E-state index contributed by atoms with van der Waals surface area (Å²) in [5.74, 6) is 1.88. The largest absolute Gasteiger partial charge is 0.352 e. The van der Waals surface area contributed by atoms with E-state index in [0.717, 1.165) is 12.8 Å². The van der Waals surface area contributed by atoms with Gasteiger partial charge in [0.1, 0.15) is 5.82 Å². The number of hydrogen-bond donors (Lipinski definition) is 2. The van der Waals surface area contributed by atoms with Crippen molar-refractivity contribution in [2.45, 2.75) is 24.2 Å². The number of terminal acetylenes is 1. The third-order valence-electron chi connectivity index (χ3n) is 2.24. The number of rotatable bonds is 5. The topological polar surface area (TPSA) is 29.1 Å². The highest BCUT2D eigenvalue weighted by molar-refractivity contribution is 7.80. The Hall–Kier alpha value is -1.47. The van der Waals surface area contributed by atoms with Crippen LogP contribution >= 0.6 is 12.6 Å². The zero-order valence-electron chi connectivity index (χ0n) is 9.37. The summed E-state index contributed by atoms with van der Waals surface area (Å²) in [5, 5.41) is 2.74. The van der Waals surface area contributed by atoms with E-state index in [1.165, 1.54) is 18.2 Å². The van der Waals surface area contributed by atoms with Gasteiger partial charge in [-0.25, -0.2) is 4.39 Å². The van der Waals surface area contributed by atoms with Gasteiger partial charge in [-0.1, -0.05) is 0 Å². The molecule has 0 heterocycles. The Morgan fingerprint density at radius 3 is 2.88 bits per heavy atom. The minimum Gasteiger partial charge on any atom is -0.352 e. The summed E-state index contributed by atoms with van der Waals surface area (Å²) in [6, 6.07) is 4.08. The molecule has 0 aromatic heterocycles. The van der Waals surface area contributed by atoms with Crippen LogP contribution in [-0.4, -0.2) is 12.5 Å². The lowest BCUT2D eigenvalue weighted by Crippen LogP contribution is -2.24. The first-order valence-corrected chi connectivity index (χ1v) is 5.80. The van der Waals surface area contributed by atoms with Crippen molar-refractivity contribution >= 4 is 18.5 Å². The molecular formula is C13H14FNOS. The molecule has 1 aromatic rings. The SMILES string of the molecule is C#CCCCCNC(=O)c1ccc(F)c(S)c1. The number of thiol groups is 1. The molecule has 0 unspecified atom stereocenters. The molecule has 17 heavy (non-hydrogen) atoms. The lowest BCUT2D eigenvalue weighted by Gasteiger charge is -2.05. The second-order valence-electron chi connectivity index (χ2n) is 3.58. The number of amides is 1. The molecule has 1 rings (SSSR count). The molecular weight excluding hydrogens is 237 g/mol. The molecule has 0 atom stereocenters. The van der Waals surface area contributed by atoms with Gasteiger partial charge in [-0.2, -0.15) is 0 Å². The van der Waals surface area contributed by atoms with Crippen LogP contribution in [0.3, 0.4) is 0 Å². The average molecular weight is 251 g/mol. The fourth-order valence-corrected chi connectivity index (χ4v) is 1.52. The molecule has 90 valence electrons. The molecule has 1 N–H and O–H groups in total. The Morgan fingerprint density at radius 1 is 1.47 bits per heavy atom. The maximum absolute atomic E-state index is 12.9. The smallest absolute Gasteiger partial charge is 0.251 e. The number of halogens is 1. The van der Waals surface area contributed by atoms with Crippen molar-refractivity contribution < 1.29 is 9.18 Å². The van der Waals surface area contributed by atoms with Gasteiger partial charge in [0.05, 0.1) is 0 Å². The van der Waals surface area contributed by atoms with Crippen molar-refractivity contribution in [2.24, 2.45) is 0 Å².